The van der Waals surface area contributed by atoms with Crippen LogP contribution in [-0.2, 0) is 12.8 Å². The number of phenols is 2. The summed E-state index contributed by atoms with van der Waals surface area (Å²) in [6.07, 6.45) is 6.05. The summed E-state index contributed by atoms with van der Waals surface area (Å²) in [5, 5.41) is 23.8. The van der Waals surface area contributed by atoms with Crippen molar-refractivity contribution in [2.45, 2.75) is 72.4 Å². The van der Waals surface area contributed by atoms with Gasteiger partial charge in [-0.3, -0.25) is 9.98 Å². The number of nitrogens with zero attached hydrogens (tertiary/aromatic N) is 2. The average molecular weight is 483 g/mol. The van der Waals surface area contributed by atoms with E-state index in [4.69, 9.17) is 0 Å². The van der Waals surface area contributed by atoms with E-state index in [9.17, 15) is 10.2 Å². The highest BCUT2D eigenvalue weighted by Crippen LogP contribution is 2.23. The number of phenolic OH excluding ortho intramolecular Hbond substituents is 2. The van der Waals surface area contributed by atoms with Crippen LogP contribution in [-0.4, -0.2) is 51.9 Å². The Bertz CT molecular complexity index is 935. The van der Waals surface area contributed by atoms with Crippen LogP contribution in [0, 0.1) is 0 Å². The zero-order chi connectivity index (χ0) is 24.8. The van der Waals surface area contributed by atoms with Gasteiger partial charge in [-0.2, -0.15) is 0 Å². The Morgan fingerprint density at radius 2 is 1.03 bits per heavy atom. The third-order valence-electron chi connectivity index (χ3n) is 5.97. The Balaban J connectivity index is 2.04. The molecule has 0 amide bonds. The molecule has 180 valence electrons. The van der Waals surface area contributed by atoms with Gasteiger partial charge in [-0.05, 0) is 30.4 Å². The van der Waals surface area contributed by atoms with Gasteiger partial charge in [0.05, 0.1) is 16.1 Å². The summed E-state index contributed by atoms with van der Waals surface area (Å²) < 4.78 is 0. The molecular weight excluding hydrogens is 440 g/mol. The fourth-order valence-corrected chi connectivity index (χ4v) is 6.01. The third-order valence-corrected chi connectivity index (χ3v) is 10.0. The van der Waals surface area contributed by atoms with E-state index in [-0.39, 0.29) is 0 Å². The van der Waals surface area contributed by atoms with Crippen LogP contribution < -0.4 is 10.4 Å². The Morgan fingerprint density at radius 1 is 0.667 bits per heavy atom. The Kier molecular flexibility index (Phi) is 9.26. The summed E-state index contributed by atoms with van der Waals surface area (Å²) in [5.41, 5.74) is 3.62. The summed E-state index contributed by atoms with van der Waals surface area (Å²) in [7, 11) is -2.94. The Labute approximate surface area is 202 Å². The van der Waals surface area contributed by atoms with Gasteiger partial charge in [0.1, 0.15) is 11.5 Å². The number of rotatable bonds is 10. The minimum atomic E-state index is -1.47. The van der Waals surface area contributed by atoms with Crippen LogP contribution >= 0.6 is 0 Å². The van der Waals surface area contributed by atoms with Gasteiger partial charge in [0.15, 0.2) is 0 Å². The van der Waals surface area contributed by atoms with Crippen molar-refractivity contribution in [3.8, 4) is 11.5 Å². The first-order chi connectivity index (χ1) is 15.4. The minimum Gasteiger partial charge on any atom is -0.507 e. The van der Waals surface area contributed by atoms with E-state index in [2.05, 4.69) is 87.4 Å². The standard InChI is InChI=1S/C27H42N2O2Si2/c1-9-20-14-24(32(3,4)5)16-22(26(20)30)18-28-12-11-13-29-19-23-17-25(33(6,7)8)15-21(10-2)27(23)31/h14-19,30-31H,9-13H2,1-8H3. The lowest BCUT2D eigenvalue weighted by atomic mass is 10.1. The van der Waals surface area contributed by atoms with Gasteiger partial charge >= 0.3 is 0 Å². The summed E-state index contributed by atoms with van der Waals surface area (Å²) in [5.74, 6) is 0.705. The van der Waals surface area contributed by atoms with Gasteiger partial charge in [0.25, 0.3) is 0 Å². The monoisotopic (exact) mass is 482 g/mol. The Hall–Kier alpha value is -2.19. The quantitative estimate of drug-likeness (QED) is 0.276. The smallest absolute Gasteiger partial charge is 0.127 e. The highest BCUT2D eigenvalue weighted by Gasteiger charge is 2.20. The molecule has 6 heteroatoms. The summed E-state index contributed by atoms with van der Waals surface area (Å²) in [6, 6.07) is 8.51. The van der Waals surface area contributed by atoms with Gasteiger partial charge < -0.3 is 10.2 Å². The number of hydrogen-bond acceptors (Lipinski definition) is 4. The molecule has 0 bridgehead atoms. The maximum Gasteiger partial charge on any atom is 0.127 e. The summed E-state index contributed by atoms with van der Waals surface area (Å²) >= 11 is 0. The molecule has 0 saturated carbocycles. The molecule has 0 saturated heterocycles. The molecule has 4 nitrogen and oxygen atoms in total. The second-order valence-corrected chi connectivity index (χ2v) is 20.9. The van der Waals surface area contributed by atoms with E-state index in [1.807, 2.05) is 0 Å². The molecule has 2 rings (SSSR count). The zero-order valence-corrected chi connectivity index (χ0v) is 23.8. The molecule has 0 aliphatic carbocycles. The second-order valence-electron chi connectivity index (χ2n) is 10.8. The van der Waals surface area contributed by atoms with Crippen molar-refractivity contribution in [1.29, 1.82) is 0 Å². The van der Waals surface area contributed by atoms with Crippen molar-refractivity contribution in [1.82, 2.24) is 0 Å². The minimum absolute atomic E-state index is 0.353. The Morgan fingerprint density at radius 3 is 1.33 bits per heavy atom. The van der Waals surface area contributed by atoms with E-state index in [0.717, 1.165) is 41.5 Å². The SMILES string of the molecule is CCc1cc([Si](C)(C)C)cc(C=NCCCN=Cc2cc([Si](C)(C)C)cc(CC)c2O)c1O. The molecule has 0 aromatic heterocycles. The molecule has 0 unspecified atom stereocenters. The summed E-state index contributed by atoms with van der Waals surface area (Å²) in [6.45, 7) is 19.3. The predicted molar refractivity (Wildman–Crippen MR) is 150 cm³/mol. The van der Waals surface area contributed by atoms with Gasteiger partial charge in [0.2, 0.25) is 0 Å². The molecule has 0 aliphatic rings. The number of aliphatic imine (C=N–C) groups is 2. The van der Waals surface area contributed by atoms with Crippen LogP contribution in [0.25, 0.3) is 0 Å². The molecule has 2 aromatic carbocycles. The van der Waals surface area contributed by atoms with Gasteiger partial charge in [-0.15, -0.1) is 0 Å². The van der Waals surface area contributed by atoms with Gasteiger partial charge in [-0.1, -0.05) is 87.8 Å². The average Bonchev–Trinajstić information content (AvgIpc) is 2.73. The molecule has 2 aromatic rings. The molecular formula is C27H42N2O2Si2. The molecule has 33 heavy (non-hydrogen) atoms. The molecule has 0 spiro atoms. The molecule has 0 radical (unpaired) electrons. The highest BCUT2D eigenvalue weighted by atomic mass is 28.3. The maximum absolute atomic E-state index is 10.6. The van der Waals surface area contributed by atoms with Crippen LogP contribution in [0.15, 0.2) is 34.3 Å². The van der Waals surface area contributed by atoms with Crippen LogP contribution in [0.2, 0.25) is 39.3 Å². The number of aromatic hydroxyl groups is 2. The molecule has 0 atom stereocenters. The lowest BCUT2D eigenvalue weighted by Gasteiger charge is -2.19. The van der Waals surface area contributed by atoms with Gasteiger partial charge in [0, 0.05) is 36.6 Å². The predicted octanol–water partition coefficient (Wildman–Crippen LogP) is 5.24. The van der Waals surface area contributed by atoms with E-state index < -0.39 is 16.1 Å². The van der Waals surface area contributed by atoms with Crippen LogP contribution in [0.3, 0.4) is 0 Å². The first-order valence-electron chi connectivity index (χ1n) is 12.1. The van der Waals surface area contributed by atoms with Crippen molar-refractivity contribution >= 4 is 39.0 Å². The van der Waals surface area contributed by atoms with Crippen molar-refractivity contribution in [2.24, 2.45) is 9.98 Å². The lowest BCUT2D eigenvalue weighted by Crippen LogP contribution is -2.38. The van der Waals surface area contributed by atoms with Crippen molar-refractivity contribution < 1.29 is 10.2 Å². The molecule has 0 heterocycles. The molecule has 0 fully saturated rings. The van der Waals surface area contributed by atoms with E-state index in [1.165, 1.54) is 10.4 Å². The van der Waals surface area contributed by atoms with E-state index in [1.54, 1.807) is 12.4 Å². The topological polar surface area (TPSA) is 65.2 Å². The van der Waals surface area contributed by atoms with Crippen LogP contribution in [0.1, 0.15) is 42.5 Å². The third kappa shape index (κ3) is 7.40. The van der Waals surface area contributed by atoms with Gasteiger partial charge in [-0.25, -0.2) is 0 Å². The van der Waals surface area contributed by atoms with Crippen molar-refractivity contribution in [2.75, 3.05) is 13.1 Å². The van der Waals surface area contributed by atoms with Crippen LogP contribution in [0.5, 0.6) is 11.5 Å². The number of aryl methyl sites for hydroxylation is 2. The van der Waals surface area contributed by atoms with Crippen LogP contribution in [0.4, 0.5) is 0 Å². The zero-order valence-electron chi connectivity index (χ0n) is 21.8. The maximum atomic E-state index is 10.6. The summed E-state index contributed by atoms with van der Waals surface area (Å²) in [4.78, 5) is 9.10. The van der Waals surface area contributed by atoms with E-state index >= 15 is 0 Å². The largest absolute Gasteiger partial charge is 0.507 e. The first kappa shape index (κ1) is 27.1. The second kappa shape index (κ2) is 11.3. The molecule has 2 N–H and O–H groups in total. The lowest BCUT2D eigenvalue weighted by molar-refractivity contribution is 0.467. The fourth-order valence-electron chi connectivity index (χ4n) is 3.62. The normalized spacial score (nSPS) is 12.8. The van der Waals surface area contributed by atoms with E-state index in [0.29, 0.717) is 24.6 Å². The number of hydrogen-bond donors (Lipinski definition) is 2. The van der Waals surface area contributed by atoms with Crippen molar-refractivity contribution in [3.05, 3.63) is 46.5 Å². The molecule has 0 aliphatic heterocycles. The van der Waals surface area contributed by atoms with Crippen molar-refractivity contribution in [3.63, 3.8) is 0 Å². The first-order valence-corrected chi connectivity index (χ1v) is 19.1. The fraction of sp³-hybridized carbons (Fsp3) is 0.481. The number of benzene rings is 2. The highest BCUT2D eigenvalue weighted by molar-refractivity contribution is 6.89.